The maximum atomic E-state index is 11.8. The smallest absolute Gasteiger partial charge is 0.408 e. The number of amides is 1. The molecule has 0 unspecified atom stereocenters. The van der Waals surface area contributed by atoms with Gasteiger partial charge in [-0.3, -0.25) is 0 Å². The minimum atomic E-state index is -1.18. The number of nitrogens with one attached hydrogen (secondary N) is 1. The van der Waals surface area contributed by atoms with E-state index < -0.39 is 18.1 Å². The number of carbonyl (C=O) groups is 2. The van der Waals surface area contributed by atoms with Crippen molar-refractivity contribution in [2.24, 2.45) is 0 Å². The van der Waals surface area contributed by atoms with Gasteiger partial charge in [-0.15, -0.1) is 0 Å². The highest BCUT2D eigenvalue weighted by Crippen LogP contribution is 2.17. The van der Waals surface area contributed by atoms with Gasteiger partial charge >= 0.3 is 12.1 Å². The highest BCUT2D eigenvalue weighted by atomic mass is 79.9. The number of carboxylic acids is 1. The first-order valence-corrected chi connectivity index (χ1v) is 7.98. The van der Waals surface area contributed by atoms with E-state index in [0.717, 1.165) is 15.6 Å². The van der Waals surface area contributed by atoms with Crippen LogP contribution in [-0.4, -0.2) is 23.2 Å². The predicted octanol–water partition coefficient (Wildman–Crippen LogP) is 3.84. The van der Waals surface area contributed by atoms with E-state index in [4.69, 9.17) is 4.74 Å². The molecule has 0 aliphatic carbocycles. The molecule has 0 heterocycles. The Morgan fingerprint density at radius 3 is 2.46 bits per heavy atom. The molecule has 0 bridgehead atoms. The van der Waals surface area contributed by atoms with Crippen molar-refractivity contribution < 1.29 is 19.4 Å². The molecule has 0 radical (unpaired) electrons. The Labute approximate surface area is 148 Å². The van der Waals surface area contributed by atoms with Gasteiger partial charge in [0, 0.05) is 4.47 Å². The third-order valence-electron chi connectivity index (χ3n) is 3.13. The topological polar surface area (TPSA) is 75.6 Å². The SMILES string of the molecule is O=C(N[C@@H](/C=C/c1ccccc1Br)C(=O)O)OCc1ccccc1. The molecule has 2 aromatic rings. The van der Waals surface area contributed by atoms with Crippen molar-refractivity contribution in [3.8, 4) is 0 Å². The van der Waals surface area contributed by atoms with Crippen LogP contribution >= 0.6 is 15.9 Å². The highest BCUT2D eigenvalue weighted by molar-refractivity contribution is 9.10. The summed E-state index contributed by atoms with van der Waals surface area (Å²) in [5, 5.41) is 11.5. The zero-order valence-corrected chi connectivity index (χ0v) is 14.3. The Kier molecular flexibility index (Phi) is 6.57. The van der Waals surface area contributed by atoms with E-state index in [2.05, 4.69) is 21.2 Å². The second kappa shape index (κ2) is 8.88. The lowest BCUT2D eigenvalue weighted by molar-refractivity contribution is -0.138. The van der Waals surface area contributed by atoms with Gasteiger partial charge in [0.2, 0.25) is 0 Å². The third kappa shape index (κ3) is 5.55. The molecule has 2 N–H and O–H groups in total. The summed E-state index contributed by atoms with van der Waals surface area (Å²) in [6.45, 7) is 0.0763. The lowest BCUT2D eigenvalue weighted by Gasteiger charge is -2.11. The fourth-order valence-corrected chi connectivity index (χ4v) is 2.31. The number of ether oxygens (including phenoxy) is 1. The maximum Gasteiger partial charge on any atom is 0.408 e. The molecule has 2 aromatic carbocycles. The molecule has 0 fully saturated rings. The van der Waals surface area contributed by atoms with E-state index in [1.165, 1.54) is 6.08 Å². The summed E-state index contributed by atoms with van der Waals surface area (Å²) >= 11 is 3.37. The van der Waals surface area contributed by atoms with Gasteiger partial charge in [-0.1, -0.05) is 76.6 Å². The third-order valence-corrected chi connectivity index (χ3v) is 3.85. The number of halogens is 1. The number of hydrogen-bond acceptors (Lipinski definition) is 3. The normalized spacial score (nSPS) is 11.9. The molecule has 0 aromatic heterocycles. The highest BCUT2D eigenvalue weighted by Gasteiger charge is 2.17. The Morgan fingerprint density at radius 1 is 1.12 bits per heavy atom. The minimum Gasteiger partial charge on any atom is -0.479 e. The van der Waals surface area contributed by atoms with Crippen molar-refractivity contribution in [2.45, 2.75) is 12.6 Å². The van der Waals surface area contributed by atoms with Gasteiger partial charge in [0.25, 0.3) is 0 Å². The minimum absolute atomic E-state index is 0.0763. The molecule has 1 atom stereocenters. The van der Waals surface area contributed by atoms with Crippen LogP contribution in [0.5, 0.6) is 0 Å². The molecule has 0 saturated heterocycles. The number of alkyl carbamates (subject to hydrolysis) is 1. The van der Waals surface area contributed by atoms with Crippen LogP contribution in [0.3, 0.4) is 0 Å². The van der Waals surface area contributed by atoms with Crippen LogP contribution in [0.25, 0.3) is 6.08 Å². The Morgan fingerprint density at radius 2 is 1.79 bits per heavy atom. The van der Waals surface area contributed by atoms with E-state index in [1.807, 2.05) is 54.6 Å². The molecular formula is C18H16BrNO4. The molecule has 124 valence electrons. The predicted molar refractivity (Wildman–Crippen MR) is 94.4 cm³/mol. The second-order valence-corrected chi connectivity index (χ2v) is 5.76. The summed E-state index contributed by atoms with van der Waals surface area (Å²) in [5.41, 5.74) is 1.63. The van der Waals surface area contributed by atoms with E-state index in [9.17, 15) is 14.7 Å². The molecular weight excluding hydrogens is 374 g/mol. The number of carbonyl (C=O) groups excluding carboxylic acids is 1. The molecule has 2 rings (SSSR count). The standard InChI is InChI=1S/C18H16BrNO4/c19-15-9-5-4-8-14(15)10-11-16(17(21)22)20-18(23)24-12-13-6-2-1-3-7-13/h1-11,16H,12H2,(H,20,23)(H,21,22)/b11-10+/t16-/m0/s1. The maximum absolute atomic E-state index is 11.8. The van der Waals surface area contributed by atoms with Crippen molar-refractivity contribution in [1.29, 1.82) is 0 Å². The molecule has 0 spiro atoms. The van der Waals surface area contributed by atoms with Crippen LogP contribution in [0.1, 0.15) is 11.1 Å². The fraction of sp³-hybridized carbons (Fsp3) is 0.111. The van der Waals surface area contributed by atoms with Gasteiger partial charge < -0.3 is 15.2 Å². The monoisotopic (exact) mass is 389 g/mol. The zero-order valence-electron chi connectivity index (χ0n) is 12.7. The van der Waals surface area contributed by atoms with Crippen molar-refractivity contribution in [1.82, 2.24) is 5.32 Å². The lowest BCUT2D eigenvalue weighted by Crippen LogP contribution is -2.39. The van der Waals surface area contributed by atoms with Crippen LogP contribution in [-0.2, 0) is 16.1 Å². The summed E-state index contributed by atoms with van der Waals surface area (Å²) in [5.74, 6) is -1.17. The number of benzene rings is 2. The van der Waals surface area contributed by atoms with Gasteiger partial charge in [0.1, 0.15) is 12.6 Å². The van der Waals surface area contributed by atoms with Crippen molar-refractivity contribution in [3.05, 3.63) is 76.3 Å². The van der Waals surface area contributed by atoms with Crippen molar-refractivity contribution >= 4 is 34.1 Å². The summed E-state index contributed by atoms with van der Waals surface area (Å²) in [6, 6.07) is 15.3. The van der Waals surface area contributed by atoms with Gasteiger partial charge in [-0.05, 0) is 17.2 Å². The summed E-state index contributed by atoms with van der Waals surface area (Å²) in [6.07, 6.45) is 2.23. The Hall–Kier alpha value is -2.60. The number of rotatable bonds is 6. The average Bonchev–Trinajstić information content (AvgIpc) is 2.58. The summed E-state index contributed by atoms with van der Waals surface area (Å²) in [4.78, 5) is 23.1. The van der Waals surface area contributed by atoms with Crippen LogP contribution < -0.4 is 5.32 Å². The lowest BCUT2D eigenvalue weighted by atomic mass is 10.1. The van der Waals surface area contributed by atoms with Crippen molar-refractivity contribution in [3.63, 3.8) is 0 Å². The van der Waals surface area contributed by atoms with E-state index in [0.29, 0.717) is 0 Å². The van der Waals surface area contributed by atoms with Gasteiger partial charge in [-0.25, -0.2) is 9.59 Å². The quantitative estimate of drug-likeness (QED) is 0.786. The largest absolute Gasteiger partial charge is 0.479 e. The van der Waals surface area contributed by atoms with Gasteiger partial charge in [0.15, 0.2) is 0 Å². The van der Waals surface area contributed by atoms with Crippen molar-refractivity contribution in [2.75, 3.05) is 0 Å². The average molecular weight is 390 g/mol. The molecule has 1 amide bonds. The van der Waals surface area contributed by atoms with E-state index >= 15 is 0 Å². The van der Waals surface area contributed by atoms with Gasteiger partial charge in [-0.2, -0.15) is 0 Å². The van der Waals surface area contributed by atoms with Crippen LogP contribution in [0, 0.1) is 0 Å². The number of aliphatic carboxylic acids is 1. The first-order valence-electron chi connectivity index (χ1n) is 7.19. The first-order chi connectivity index (χ1) is 11.6. The second-order valence-electron chi connectivity index (χ2n) is 4.90. The first kappa shape index (κ1) is 17.7. The fourth-order valence-electron chi connectivity index (χ4n) is 1.89. The Balaban J connectivity index is 1.94. The summed E-state index contributed by atoms with van der Waals surface area (Å²) in [7, 11) is 0. The summed E-state index contributed by atoms with van der Waals surface area (Å²) < 4.78 is 5.86. The Bertz CT molecular complexity index is 731. The molecule has 6 heteroatoms. The van der Waals surface area contributed by atoms with Gasteiger partial charge in [0.05, 0.1) is 0 Å². The van der Waals surface area contributed by atoms with E-state index in [-0.39, 0.29) is 6.61 Å². The number of carboxylic acid groups (broad SMARTS) is 1. The zero-order chi connectivity index (χ0) is 17.4. The molecule has 0 saturated carbocycles. The van der Waals surface area contributed by atoms with Crippen LogP contribution in [0.15, 0.2) is 65.1 Å². The molecule has 0 aliphatic rings. The molecule has 5 nitrogen and oxygen atoms in total. The molecule has 0 aliphatic heterocycles. The van der Waals surface area contributed by atoms with Crippen LogP contribution in [0.4, 0.5) is 4.79 Å². The molecule has 24 heavy (non-hydrogen) atoms. The van der Waals surface area contributed by atoms with E-state index in [1.54, 1.807) is 6.08 Å². The number of hydrogen-bond donors (Lipinski definition) is 2. The van der Waals surface area contributed by atoms with Crippen LogP contribution in [0.2, 0.25) is 0 Å².